The predicted molar refractivity (Wildman–Crippen MR) is 103 cm³/mol. The third kappa shape index (κ3) is 4.51. The van der Waals surface area contributed by atoms with Crippen LogP contribution in [-0.4, -0.2) is 38.8 Å². The molecular weight excluding hydrogens is 383 g/mol. The lowest BCUT2D eigenvalue weighted by atomic mass is 9.99. The molecule has 1 N–H and O–H groups in total. The van der Waals surface area contributed by atoms with E-state index in [9.17, 15) is 17.6 Å². The van der Waals surface area contributed by atoms with Gasteiger partial charge in [0.1, 0.15) is 16.5 Å². The molecule has 0 radical (unpaired) electrons. The second-order valence-electron chi connectivity index (χ2n) is 6.70. The number of hydrogen-bond acceptors (Lipinski definition) is 4. The number of carbonyl (C=O) groups is 1. The number of piperidine rings is 1. The first kappa shape index (κ1) is 20.3. The molecule has 28 heavy (non-hydrogen) atoms. The summed E-state index contributed by atoms with van der Waals surface area (Å²) >= 11 is 0. The molecule has 6 nitrogen and oxygen atoms in total. The van der Waals surface area contributed by atoms with Crippen molar-refractivity contribution in [3.05, 3.63) is 59.9 Å². The van der Waals surface area contributed by atoms with Crippen LogP contribution in [0.2, 0.25) is 0 Å². The van der Waals surface area contributed by atoms with Crippen LogP contribution in [0.25, 0.3) is 0 Å². The lowest BCUT2D eigenvalue weighted by Gasteiger charge is -2.31. The van der Waals surface area contributed by atoms with Crippen molar-refractivity contribution >= 4 is 15.9 Å². The second-order valence-corrected chi connectivity index (χ2v) is 8.61. The fourth-order valence-electron chi connectivity index (χ4n) is 3.30. The summed E-state index contributed by atoms with van der Waals surface area (Å²) in [6, 6.07) is 12.9. The molecule has 1 fully saturated rings. The molecule has 2 aromatic carbocycles. The number of ether oxygens (including phenoxy) is 1. The van der Waals surface area contributed by atoms with E-state index in [0.717, 1.165) is 17.7 Å². The highest BCUT2D eigenvalue weighted by atomic mass is 32.2. The third-order valence-corrected chi connectivity index (χ3v) is 6.69. The van der Waals surface area contributed by atoms with Crippen LogP contribution in [-0.2, 0) is 21.4 Å². The summed E-state index contributed by atoms with van der Waals surface area (Å²) in [5.74, 6) is -1.22. The van der Waals surface area contributed by atoms with Gasteiger partial charge in [0.2, 0.25) is 15.9 Å². The van der Waals surface area contributed by atoms with Crippen molar-refractivity contribution in [2.24, 2.45) is 5.92 Å². The SMILES string of the molecule is COc1ccc(F)cc1S(=O)(=O)N1CCCC(C(=O)NCc2ccccc2)C1. The van der Waals surface area contributed by atoms with Gasteiger partial charge in [0.15, 0.2) is 0 Å². The Labute approximate surface area is 164 Å². The van der Waals surface area contributed by atoms with Crippen LogP contribution < -0.4 is 10.1 Å². The Kier molecular flexibility index (Phi) is 6.31. The van der Waals surface area contributed by atoms with E-state index in [4.69, 9.17) is 4.74 Å². The molecule has 8 heteroatoms. The molecule has 0 spiro atoms. The average molecular weight is 406 g/mol. The monoisotopic (exact) mass is 406 g/mol. The largest absolute Gasteiger partial charge is 0.495 e. The highest BCUT2D eigenvalue weighted by molar-refractivity contribution is 7.89. The summed E-state index contributed by atoms with van der Waals surface area (Å²) in [7, 11) is -2.64. The van der Waals surface area contributed by atoms with Gasteiger partial charge in [0.25, 0.3) is 0 Å². The Bertz CT molecular complexity index is 934. The normalized spacial score (nSPS) is 17.9. The maximum absolute atomic E-state index is 13.6. The molecule has 0 aromatic heterocycles. The average Bonchev–Trinajstić information content (AvgIpc) is 2.72. The van der Waals surface area contributed by atoms with E-state index in [-0.39, 0.29) is 29.6 Å². The second kappa shape index (κ2) is 8.70. The van der Waals surface area contributed by atoms with Gasteiger partial charge in [-0.15, -0.1) is 0 Å². The Morgan fingerprint density at radius 3 is 2.71 bits per heavy atom. The molecule has 1 heterocycles. The molecule has 3 rings (SSSR count). The number of halogens is 1. The highest BCUT2D eigenvalue weighted by Gasteiger charge is 2.35. The molecule has 150 valence electrons. The van der Waals surface area contributed by atoms with Crippen LogP contribution in [0.3, 0.4) is 0 Å². The number of hydrogen-bond donors (Lipinski definition) is 1. The molecular formula is C20H23FN2O4S. The van der Waals surface area contributed by atoms with Crippen molar-refractivity contribution in [1.29, 1.82) is 0 Å². The Hall–Kier alpha value is -2.45. The Morgan fingerprint density at radius 1 is 1.25 bits per heavy atom. The highest BCUT2D eigenvalue weighted by Crippen LogP contribution is 2.30. The van der Waals surface area contributed by atoms with Crippen LogP contribution in [0.1, 0.15) is 18.4 Å². The maximum Gasteiger partial charge on any atom is 0.246 e. The minimum atomic E-state index is -3.97. The fourth-order valence-corrected chi connectivity index (χ4v) is 4.99. The van der Waals surface area contributed by atoms with E-state index >= 15 is 0 Å². The van der Waals surface area contributed by atoms with Crippen LogP contribution in [0.5, 0.6) is 5.75 Å². The van der Waals surface area contributed by atoms with Gasteiger partial charge < -0.3 is 10.1 Å². The Balaban J connectivity index is 1.72. The Morgan fingerprint density at radius 2 is 2.00 bits per heavy atom. The molecule has 1 aliphatic heterocycles. The summed E-state index contributed by atoms with van der Waals surface area (Å²) < 4.78 is 46.0. The summed E-state index contributed by atoms with van der Waals surface area (Å²) in [6.45, 7) is 0.730. The van der Waals surface area contributed by atoms with Crippen molar-refractivity contribution in [1.82, 2.24) is 9.62 Å². The van der Waals surface area contributed by atoms with Gasteiger partial charge in [-0.25, -0.2) is 12.8 Å². The van der Waals surface area contributed by atoms with Gasteiger partial charge in [-0.1, -0.05) is 30.3 Å². The van der Waals surface area contributed by atoms with Gasteiger partial charge in [0.05, 0.1) is 13.0 Å². The molecule has 1 atom stereocenters. The van der Waals surface area contributed by atoms with Gasteiger partial charge in [-0.3, -0.25) is 4.79 Å². The van der Waals surface area contributed by atoms with Gasteiger partial charge in [0, 0.05) is 19.6 Å². The standard InChI is InChI=1S/C20H23FN2O4S/c1-27-18-10-9-17(21)12-19(18)28(25,26)23-11-5-8-16(14-23)20(24)22-13-15-6-3-2-4-7-15/h2-4,6-7,9-10,12,16H,5,8,11,13-14H2,1H3,(H,22,24). The minimum absolute atomic E-state index is 0.0582. The topological polar surface area (TPSA) is 75.7 Å². The zero-order chi connectivity index (χ0) is 20.1. The van der Waals surface area contributed by atoms with Crippen LogP contribution in [0.15, 0.2) is 53.4 Å². The first-order valence-corrected chi connectivity index (χ1v) is 10.5. The molecule has 0 bridgehead atoms. The van der Waals surface area contributed by atoms with Crippen molar-refractivity contribution in [2.75, 3.05) is 20.2 Å². The van der Waals surface area contributed by atoms with E-state index in [0.29, 0.717) is 19.4 Å². The summed E-state index contributed by atoms with van der Waals surface area (Å²) in [5, 5.41) is 2.87. The smallest absolute Gasteiger partial charge is 0.246 e. The van der Waals surface area contributed by atoms with E-state index in [2.05, 4.69) is 5.32 Å². The minimum Gasteiger partial charge on any atom is -0.495 e. The molecule has 1 aliphatic rings. The van der Waals surface area contributed by atoms with E-state index < -0.39 is 21.8 Å². The number of nitrogens with zero attached hydrogens (tertiary/aromatic N) is 1. The lowest BCUT2D eigenvalue weighted by Crippen LogP contribution is -2.45. The van der Waals surface area contributed by atoms with Crippen molar-refractivity contribution in [3.8, 4) is 5.75 Å². The van der Waals surface area contributed by atoms with Crippen LogP contribution in [0.4, 0.5) is 4.39 Å². The van der Waals surface area contributed by atoms with E-state index in [1.807, 2.05) is 30.3 Å². The number of carbonyl (C=O) groups excluding carboxylic acids is 1. The van der Waals surface area contributed by atoms with Gasteiger partial charge in [-0.05, 0) is 36.6 Å². The molecule has 1 saturated heterocycles. The summed E-state index contributed by atoms with van der Waals surface area (Å²) in [6.07, 6.45) is 1.16. The quantitative estimate of drug-likeness (QED) is 0.800. The lowest BCUT2D eigenvalue weighted by molar-refractivity contribution is -0.126. The molecule has 0 aliphatic carbocycles. The maximum atomic E-state index is 13.6. The number of rotatable bonds is 6. The zero-order valence-corrected chi connectivity index (χ0v) is 16.4. The molecule has 1 unspecified atom stereocenters. The molecule has 2 aromatic rings. The van der Waals surface area contributed by atoms with Crippen LogP contribution >= 0.6 is 0 Å². The first-order valence-electron chi connectivity index (χ1n) is 9.07. The fraction of sp³-hybridized carbons (Fsp3) is 0.350. The van der Waals surface area contributed by atoms with E-state index in [1.165, 1.54) is 17.5 Å². The van der Waals surface area contributed by atoms with Crippen molar-refractivity contribution in [3.63, 3.8) is 0 Å². The number of nitrogens with one attached hydrogen (secondary N) is 1. The third-order valence-electron chi connectivity index (χ3n) is 4.81. The van der Waals surface area contributed by atoms with Gasteiger partial charge in [-0.2, -0.15) is 4.31 Å². The van der Waals surface area contributed by atoms with E-state index in [1.54, 1.807) is 0 Å². The van der Waals surface area contributed by atoms with Crippen LogP contribution in [0, 0.1) is 11.7 Å². The number of methoxy groups -OCH3 is 1. The summed E-state index contributed by atoms with van der Waals surface area (Å²) in [5.41, 5.74) is 0.973. The van der Waals surface area contributed by atoms with Gasteiger partial charge >= 0.3 is 0 Å². The van der Waals surface area contributed by atoms with Crippen molar-refractivity contribution in [2.45, 2.75) is 24.3 Å². The molecule has 0 saturated carbocycles. The number of amides is 1. The zero-order valence-electron chi connectivity index (χ0n) is 15.6. The summed E-state index contributed by atoms with van der Waals surface area (Å²) in [4.78, 5) is 12.3. The predicted octanol–water partition coefficient (Wildman–Crippen LogP) is 2.55. The number of sulfonamides is 1. The molecule has 1 amide bonds. The first-order chi connectivity index (χ1) is 13.4. The number of benzene rings is 2. The van der Waals surface area contributed by atoms with Crippen molar-refractivity contribution < 1.29 is 22.3 Å².